The molecular weight excluding hydrogens is 302 g/mol. The SMILES string of the molecule is Cc1ccc(NC(=O)CNC(=O)C[C@@H]2CCC[C@H]2N)c(Cl)c1. The molecule has 1 aliphatic rings. The molecule has 0 spiro atoms. The predicted octanol–water partition coefficient (Wildman–Crippen LogP) is 2.22. The fraction of sp³-hybridized carbons (Fsp3) is 0.500. The zero-order chi connectivity index (χ0) is 16.1. The van der Waals surface area contributed by atoms with Crippen molar-refractivity contribution in [2.24, 2.45) is 11.7 Å². The maximum Gasteiger partial charge on any atom is 0.243 e. The van der Waals surface area contributed by atoms with E-state index in [9.17, 15) is 9.59 Å². The van der Waals surface area contributed by atoms with E-state index in [4.69, 9.17) is 17.3 Å². The Balaban J connectivity index is 1.76. The molecule has 2 amide bonds. The Morgan fingerprint density at radius 3 is 2.73 bits per heavy atom. The number of nitrogens with one attached hydrogen (secondary N) is 2. The van der Waals surface area contributed by atoms with Crippen molar-refractivity contribution >= 4 is 29.1 Å². The second kappa shape index (κ2) is 7.61. The van der Waals surface area contributed by atoms with Crippen LogP contribution < -0.4 is 16.4 Å². The first-order valence-corrected chi connectivity index (χ1v) is 7.92. The Morgan fingerprint density at radius 1 is 1.32 bits per heavy atom. The molecule has 1 aliphatic carbocycles. The average Bonchev–Trinajstić information content (AvgIpc) is 2.85. The molecule has 4 N–H and O–H groups in total. The zero-order valence-corrected chi connectivity index (χ0v) is 13.5. The zero-order valence-electron chi connectivity index (χ0n) is 12.7. The monoisotopic (exact) mass is 323 g/mol. The van der Waals surface area contributed by atoms with E-state index in [0.717, 1.165) is 24.8 Å². The number of aryl methyl sites for hydroxylation is 1. The van der Waals surface area contributed by atoms with Crippen molar-refractivity contribution in [1.82, 2.24) is 5.32 Å². The summed E-state index contributed by atoms with van der Waals surface area (Å²) in [6.45, 7) is 1.86. The van der Waals surface area contributed by atoms with Gasteiger partial charge in [0, 0.05) is 12.5 Å². The van der Waals surface area contributed by atoms with Gasteiger partial charge in [-0.15, -0.1) is 0 Å². The Kier molecular flexibility index (Phi) is 5.80. The van der Waals surface area contributed by atoms with Gasteiger partial charge < -0.3 is 16.4 Å². The molecule has 6 heteroatoms. The molecule has 2 atom stereocenters. The third kappa shape index (κ3) is 4.71. The number of amides is 2. The third-order valence-corrected chi connectivity index (χ3v) is 4.32. The van der Waals surface area contributed by atoms with Gasteiger partial charge in [0.25, 0.3) is 0 Å². The first kappa shape index (κ1) is 16.8. The normalized spacial score (nSPS) is 20.7. The molecule has 22 heavy (non-hydrogen) atoms. The Labute approximate surface area is 135 Å². The molecule has 1 saturated carbocycles. The van der Waals surface area contributed by atoms with Gasteiger partial charge in [0.15, 0.2) is 0 Å². The summed E-state index contributed by atoms with van der Waals surface area (Å²) in [4.78, 5) is 23.7. The highest BCUT2D eigenvalue weighted by Crippen LogP contribution is 2.26. The summed E-state index contributed by atoms with van der Waals surface area (Å²) < 4.78 is 0. The van der Waals surface area contributed by atoms with E-state index in [-0.39, 0.29) is 30.3 Å². The summed E-state index contributed by atoms with van der Waals surface area (Å²) in [5, 5.41) is 5.80. The maximum absolute atomic E-state index is 11.8. The molecule has 0 radical (unpaired) electrons. The minimum absolute atomic E-state index is 0.0645. The highest BCUT2D eigenvalue weighted by molar-refractivity contribution is 6.33. The Morgan fingerprint density at radius 2 is 2.09 bits per heavy atom. The van der Waals surface area contributed by atoms with E-state index >= 15 is 0 Å². The quantitative estimate of drug-likeness (QED) is 0.776. The molecule has 0 aliphatic heterocycles. The van der Waals surface area contributed by atoms with Crippen molar-refractivity contribution in [3.63, 3.8) is 0 Å². The molecular formula is C16H22ClN3O2. The van der Waals surface area contributed by atoms with Crippen molar-refractivity contribution in [2.75, 3.05) is 11.9 Å². The van der Waals surface area contributed by atoms with E-state index in [0.29, 0.717) is 17.1 Å². The number of benzene rings is 1. The Hall–Kier alpha value is -1.59. The maximum atomic E-state index is 11.8. The third-order valence-electron chi connectivity index (χ3n) is 4.01. The van der Waals surface area contributed by atoms with Crippen LogP contribution in [0.2, 0.25) is 5.02 Å². The molecule has 5 nitrogen and oxygen atoms in total. The van der Waals surface area contributed by atoms with Gasteiger partial charge in [0.2, 0.25) is 11.8 Å². The van der Waals surface area contributed by atoms with Crippen molar-refractivity contribution in [3.8, 4) is 0 Å². The minimum Gasteiger partial charge on any atom is -0.347 e. The lowest BCUT2D eigenvalue weighted by Crippen LogP contribution is -2.36. The van der Waals surface area contributed by atoms with Gasteiger partial charge in [-0.3, -0.25) is 9.59 Å². The molecule has 1 fully saturated rings. The average molecular weight is 324 g/mol. The van der Waals surface area contributed by atoms with Crippen LogP contribution in [0.4, 0.5) is 5.69 Å². The predicted molar refractivity (Wildman–Crippen MR) is 87.8 cm³/mol. The van der Waals surface area contributed by atoms with E-state index in [1.165, 1.54) is 0 Å². The number of nitrogens with two attached hydrogens (primary N) is 1. The summed E-state index contributed by atoms with van der Waals surface area (Å²) in [6.07, 6.45) is 3.43. The van der Waals surface area contributed by atoms with E-state index < -0.39 is 0 Å². The number of carbonyl (C=O) groups is 2. The molecule has 2 rings (SSSR count). The van der Waals surface area contributed by atoms with Crippen LogP contribution in [0, 0.1) is 12.8 Å². The topological polar surface area (TPSA) is 84.2 Å². The van der Waals surface area contributed by atoms with Crippen LogP contribution in [-0.2, 0) is 9.59 Å². The van der Waals surface area contributed by atoms with Crippen LogP contribution in [0.1, 0.15) is 31.2 Å². The smallest absolute Gasteiger partial charge is 0.243 e. The number of rotatable bonds is 5. The van der Waals surface area contributed by atoms with E-state index in [1.807, 2.05) is 13.0 Å². The lowest BCUT2D eigenvalue weighted by atomic mass is 10.00. The summed E-state index contributed by atoms with van der Waals surface area (Å²) in [6, 6.07) is 5.49. The minimum atomic E-state index is -0.296. The molecule has 1 aromatic rings. The molecule has 0 unspecified atom stereocenters. The second-order valence-corrected chi connectivity index (χ2v) is 6.27. The summed E-state index contributed by atoms with van der Waals surface area (Å²) in [7, 11) is 0. The van der Waals surface area contributed by atoms with Crippen molar-refractivity contribution in [3.05, 3.63) is 28.8 Å². The molecule has 0 saturated heterocycles. The standard InChI is InChI=1S/C16H22ClN3O2/c1-10-5-6-14(12(17)7-10)20-16(22)9-19-15(21)8-11-3-2-4-13(11)18/h5-7,11,13H,2-4,8-9,18H2,1H3,(H,19,21)(H,20,22)/t11-,13+/m0/s1. The molecule has 1 aromatic carbocycles. The summed E-state index contributed by atoms with van der Waals surface area (Å²) in [5.74, 6) is -0.197. The fourth-order valence-corrected chi connectivity index (χ4v) is 3.01. The van der Waals surface area contributed by atoms with Crippen molar-refractivity contribution in [1.29, 1.82) is 0 Å². The fourth-order valence-electron chi connectivity index (χ4n) is 2.72. The second-order valence-electron chi connectivity index (χ2n) is 5.87. The van der Waals surface area contributed by atoms with E-state index in [1.54, 1.807) is 12.1 Å². The largest absolute Gasteiger partial charge is 0.347 e. The molecule has 120 valence electrons. The van der Waals surface area contributed by atoms with Gasteiger partial charge in [-0.25, -0.2) is 0 Å². The van der Waals surface area contributed by atoms with Gasteiger partial charge >= 0.3 is 0 Å². The van der Waals surface area contributed by atoms with Crippen molar-refractivity contribution < 1.29 is 9.59 Å². The number of hydrogen-bond donors (Lipinski definition) is 3. The van der Waals surface area contributed by atoms with Crippen LogP contribution in [0.3, 0.4) is 0 Å². The van der Waals surface area contributed by atoms with Crippen molar-refractivity contribution in [2.45, 2.75) is 38.6 Å². The van der Waals surface area contributed by atoms with Gasteiger partial charge in [0.05, 0.1) is 17.3 Å². The lowest BCUT2D eigenvalue weighted by molar-refractivity contribution is -0.124. The highest BCUT2D eigenvalue weighted by Gasteiger charge is 2.26. The molecule has 0 heterocycles. The number of halogens is 1. The first-order chi connectivity index (χ1) is 10.5. The van der Waals surface area contributed by atoms with Gasteiger partial charge in [0.1, 0.15) is 0 Å². The molecule has 0 aromatic heterocycles. The summed E-state index contributed by atoms with van der Waals surface area (Å²) in [5.41, 5.74) is 7.50. The molecule has 0 bridgehead atoms. The number of carbonyl (C=O) groups excluding carboxylic acids is 2. The van der Waals surface area contributed by atoms with Crippen LogP contribution in [-0.4, -0.2) is 24.4 Å². The summed E-state index contributed by atoms with van der Waals surface area (Å²) >= 11 is 6.05. The number of anilines is 1. The van der Waals surface area contributed by atoms with Crippen LogP contribution in [0.5, 0.6) is 0 Å². The number of hydrogen-bond acceptors (Lipinski definition) is 3. The van der Waals surface area contributed by atoms with Crippen LogP contribution in [0.25, 0.3) is 0 Å². The first-order valence-electron chi connectivity index (χ1n) is 7.54. The van der Waals surface area contributed by atoms with E-state index in [2.05, 4.69) is 10.6 Å². The van der Waals surface area contributed by atoms with Gasteiger partial charge in [-0.1, -0.05) is 24.1 Å². The van der Waals surface area contributed by atoms with Crippen LogP contribution in [0.15, 0.2) is 18.2 Å². The van der Waals surface area contributed by atoms with Crippen LogP contribution >= 0.6 is 11.6 Å². The lowest BCUT2D eigenvalue weighted by Gasteiger charge is -2.14. The Bertz CT molecular complexity index is 562. The highest BCUT2D eigenvalue weighted by atomic mass is 35.5. The van der Waals surface area contributed by atoms with Gasteiger partial charge in [-0.05, 0) is 43.4 Å². The van der Waals surface area contributed by atoms with Gasteiger partial charge in [-0.2, -0.15) is 0 Å².